The highest BCUT2D eigenvalue weighted by Crippen LogP contribution is 2.35. The maximum atomic E-state index is 4.34. The molecule has 20 heavy (non-hydrogen) atoms. The van der Waals surface area contributed by atoms with Gasteiger partial charge in [0, 0.05) is 38.9 Å². The maximum absolute atomic E-state index is 4.34. The molecule has 3 nitrogen and oxygen atoms in total. The zero-order chi connectivity index (χ0) is 14.1. The molecule has 0 amide bonds. The Hall–Kier alpha value is -1.64. The van der Waals surface area contributed by atoms with E-state index >= 15 is 0 Å². The number of nitrogens with one attached hydrogen (secondary N) is 1. The van der Waals surface area contributed by atoms with Gasteiger partial charge in [0.25, 0.3) is 0 Å². The van der Waals surface area contributed by atoms with Gasteiger partial charge in [0.05, 0.1) is 11.4 Å². The summed E-state index contributed by atoms with van der Waals surface area (Å²) in [5.41, 5.74) is 6.39. The van der Waals surface area contributed by atoms with Crippen molar-refractivity contribution in [3.8, 4) is 0 Å². The van der Waals surface area contributed by atoms with Crippen LogP contribution in [-0.4, -0.2) is 38.1 Å². The molecule has 0 saturated carbocycles. The first-order chi connectivity index (χ1) is 9.66. The van der Waals surface area contributed by atoms with Gasteiger partial charge >= 0.3 is 0 Å². The molecule has 2 heterocycles. The van der Waals surface area contributed by atoms with Gasteiger partial charge in [0.2, 0.25) is 0 Å². The molecule has 1 aromatic rings. The van der Waals surface area contributed by atoms with E-state index in [-0.39, 0.29) is 0 Å². The fourth-order valence-corrected chi connectivity index (χ4v) is 3.40. The lowest BCUT2D eigenvalue weighted by atomic mass is 10.0. The molecule has 108 valence electrons. The summed E-state index contributed by atoms with van der Waals surface area (Å²) >= 11 is 0. The van der Waals surface area contributed by atoms with Crippen LogP contribution in [0.4, 0.5) is 11.4 Å². The first-order valence-electron chi connectivity index (χ1n) is 7.70. The van der Waals surface area contributed by atoms with Gasteiger partial charge < -0.3 is 15.1 Å². The van der Waals surface area contributed by atoms with E-state index in [1.165, 1.54) is 47.5 Å². The highest BCUT2D eigenvalue weighted by Gasteiger charge is 2.19. The average Bonchev–Trinajstić information content (AvgIpc) is 2.47. The summed E-state index contributed by atoms with van der Waals surface area (Å²) < 4.78 is 0. The van der Waals surface area contributed by atoms with Crippen LogP contribution in [0.2, 0.25) is 0 Å². The van der Waals surface area contributed by atoms with E-state index < -0.39 is 0 Å². The van der Waals surface area contributed by atoms with Crippen molar-refractivity contribution < 1.29 is 0 Å². The molecule has 0 bridgehead atoms. The number of fused-ring (bicyclic) bond motifs is 1. The lowest BCUT2D eigenvalue weighted by Gasteiger charge is -2.33. The molecule has 1 fully saturated rings. The van der Waals surface area contributed by atoms with Gasteiger partial charge in [-0.2, -0.15) is 0 Å². The van der Waals surface area contributed by atoms with Crippen LogP contribution in [0.3, 0.4) is 0 Å². The molecule has 3 heteroatoms. The Bertz CT molecular complexity index is 515. The Balaban J connectivity index is 1.90. The van der Waals surface area contributed by atoms with Crippen molar-refractivity contribution in [3.05, 3.63) is 29.8 Å². The van der Waals surface area contributed by atoms with E-state index in [0.717, 1.165) is 26.2 Å². The minimum absolute atomic E-state index is 1.02. The maximum Gasteiger partial charge on any atom is 0.0630 e. The smallest absolute Gasteiger partial charge is 0.0630 e. The summed E-state index contributed by atoms with van der Waals surface area (Å²) in [5, 5.41) is 3.53. The number of hydrogen-bond donors (Lipinski definition) is 1. The Morgan fingerprint density at radius 2 is 1.90 bits per heavy atom. The molecular formula is C17H25N3. The number of hydrogen-bond acceptors (Lipinski definition) is 3. The third-order valence-corrected chi connectivity index (χ3v) is 4.52. The first-order valence-corrected chi connectivity index (χ1v) is 7.70. The van der Waals surface area contributed by atoms with Crippen molar-refractivity contribution in [2.75, 3.05) is 43.4 Å². The fourth-order valence-electron chi connectivity index (χ4n) is 3.40. The molecule has 0 radical (unpaired) electrons. The molecule has 0 aliphatic carbocycles. The Morgan fingerprint density at radius 3 is 2.65 bits per heavy atom. The predicted molar refractivity (Wildman–Crippen MR) is 87.4 cm³/mol. The normalized spacial score (nSPS) is 18.5. The number of benzene rings is 1. The highest BCUT2D eigenvalue weighted by atomic mass is 15.2. The van der Waals surface area contributed by atoms with Gasteiger partial charge in [-0.3, -0.25) is 0 Å². The lowest BCUT2D eigenvalue weighted by molar-refractivity contribution is 0.326. The van der Waals surface area contributed by atoms with E-state index in [9.17, 15) is 0 Å². The van der Waals surface area contributed by atoms with Crippen LogP contribution < -0.4 is 10.2 Å². The molecule has 1 saturated heterocycles. The van der Waals surface area contributed by atoms with Gasteiger partial charge in [-0.05, 0) is 49.4 Å². The van der Waals surface area contributed by atoms with Gasteiger partial charge in [-0.25, -0.2) is 0 Å². The van der Waals surface area contributed by atoms with Crippen LogP contribution in [0.5, 0.6) is 0 Å². The van der Waals surface area contributed by atoms with Gasteiger partial charge in [-0.1, -0.05) is 6.58 Å². The summed E-state index contributed by atoms with van der Waals surface area (Å²) in [6.45, 7) is 10.9. The SMILES string of the molecule is C=C(c1cc(C)c2c(c1)NCCN2C)N1CCCCC1. The largest absolute Gasteiger partial charge is 0.382 e. The topological polar surface area (TPSA) is 18.5 Å². The van der Waals surface area contributed by atoms with Crippen molar-refractivity contribution in [2.45, 2.75) is 26.2 Å². The second-order valence-corrected chi connectivity index (χ2v) is 6.03. The minimum atomic E-state index is 1.02. The number of nitrogens with zero attached hydrogens (tertiary/aromatic N) is 2. The number of likely N-dealkylation sites (tertiary alicyclic amines) is 1. The van der Waals surface area contributed by atoms with E-state index in [0.29, 0.717) is 0 Å². The van der Waals surface area contributed by atoms with Crippen molar-refractivity contribution in [1.29, 1.82) is 0 Å². The van der Waals surface area contributed by atoms with E-state index in [2.05, 4.69) is 47.8 Å². The summed E-state index contributed by atoms with van der Waals surface area (Å²) in [6.07, 6.45) is 3.95. The van der Waals surface area contributed by atoms with Crippen molar-refractivity contribution in [1.82, 2.24) is 4.90 Å². The van der Waals surface area contributed by atoms with Crippen molar-refractivity contribution in [3.63, 3.8) is 0 Å². The molecule has 0 aromatic heterocycles. The van der Waals surface area contributed by atoms with Gasteiger partial charge in [0.1, 0.15) is 0 Å². The minimum Gasteiger partial charge on any atom is -0.382 e. The quantitative estimate of drug-likeness (QED) is 0.890. The standard InChI is InChI=1S/C17H25N3/c1-13-11-15(14(2)20-8-5-4-6-9-20)12-16-17(13)19(3)10-7-18-16/h11-12,18H,2,4-10H2,1,3H3. The molecule has 0 spiro atoms. The monoisotopic (exact) mass is 271 g/mol. The first kappa shape index (κ1) is 13.3. The van der Waals surface area contributed by atoms with Crippen LogP contribution in [0.25, 0.3) is 5.70 Å². The van der Waals surface area contributed by atoms with E-state index in [1.807, 2.05) is 0 Å². The fraction of sp³-hybridized carbons (Fsp3) is 0.529. The lowest BCUT2D eigenvalue weighted by Crippen LogP contribution is -2.31. The Kier molecular flexibility index (Phi) is 3.60. The van der Waals surface area contributed by atoms with Crippen LogP contribution in [0.15, 0.2) is 18.7 Å². The number of aryl methyl sites for hydroxylation is 1. The summed E-state index contributed by atoms with van der Waals surface area (Å²) in [6, 6.07) is 4.56. The Labute approximate surface area is 122 Å². The molecule has 2 aliphatic rings. The summed E-state index contributed by atoms with van der Waals surface area (Å²) in [7, 11) is 2.17. The zero-order valence-electron chi connectivity index (χ0n) is 12.7. The molecule has 1 aromatic carbocycles. The highest BCUT2D eigenvalue weighted by molar-refractivity contribution is 5.80. The van der Waals surface area contributed by atoms with Crippen molar-refractivity contribution >= 4 is 17.1 Å². The zero-order valence-corrected chi connectivity index (χ0v) is 12.7. The molecule has 0 atom stereocenters. The second-order valence-electron chi connectivity index (χ2n) is 6.03. The molecule has 3 rings (SSSR count). The van der Waals surface area contributed by atoms with Crippen LogP contribution >= 0.6 is 0 Å². The average molecular weight is 271 g/mol. The molecular weight excluding hydrogens is 246 g/mol. The third kappa shape index (κ3) is 2.37. The molecule has 2 aliphatic heterocycles. The summed E-state index contributed by atoms with van der Waals surface area (Å²) in [5.74, 6) is 0. The van der Waals surface area contributed by atoms with Gasteiger partial charge in [0.15, 0.2) is 0 Å². The molecule has 0 unspecified atom stereocenters. The van der Waals surface area contributed by atoms with Crippen LogP contribution in [0, 0.1) is 6.92 Å². The number of rotatable bonds is 2. The Morgan fingerprint density at radius 1 is 1.15 bits per heavy atom. The van der Waals surface area contributed by atoms with Gasteiger partial charge in [-0.15, -0.1) is 0 Å². The number of likely N-dealkylation sites (N-methyl/N-ethyl adjacent to an activating group) is 1. The van der Waals surface area contributed by atoms with E-state index in [1.54, 1.807) is 0 Å². The number of piperidine rings is 1. The second kappa shape index (κ2) is 5.39. The van der Waals surface area contributed by atoms with Crippen LogP contribution in [0.1, 0.15) is 30.4 Å². The third-order valence-electron chi connectivity index (χ3n) is 4.52. The molecule has 1 N–H and O–H groups in total. The predicted octanol–water partition coefficient (Wildman–Crippen LogP) is 3.31. The summed E-state index contributed by atoms with van der Waals surface area (Å²) in [4.78, 5) is 4.78. The number of anilines is 2. The van der Waals surface area contributed by atoms with Crippen molar-refractivity contribution in [2.24, 2.45) is 0 Å². The van der Waals surface area contributed by atoms with Crippen LogP contribution in [-0.2, 0) is 0 Å². The van der Waals surface area contributed by atoms with E-state index in [4.69, 9.17) is 0 Å².